The highest BCUT2D eigenvalue weighted by Gasteiger charge is 2.35. The summed E-state index contributed by atoms with van der Waals surface area (Å²) in [5.74, 6) is 0.615. The molecule has 2 aromatic rings. The second-order valence-corrected chi connectivity index (χ2v) is 7.03. The Bertz CT molecular complexity index is 797. The van der Waals surface area contributed by atoms with Gasteiger partial charge in [0.2, 0.25) is 0 Å². The van der Waals surface area contributed by atoms with E-state index in [0.29, 0.717) is 11.8 Å². The maximum Gasteiger partial charge on any atom is 0.418 e. The maximum atomic E-state index is 13.1. The van der Waals surface area contributed by atoms with Gasteiger partial charge < -0.3 is 10.1 Å². The quantitative estimate of drug-likeness (QED) is 0.413. The van der Waals surface area contributed by atoms with Gasteiger partial charge in [0.15, 0.2) is 0 Å². The second kappa shape index (κ2) is 7.85. The van der Waals surface area contributed by atoms with E-state index >= 15 is 0 Å². The summed E-state index contributed by atoms with van der Waals surface area (Å²) in [5, 5.41) is 13.3. The number of hydrogen-bond acceptors (Lipinski definition) is 4. The van der Waals surface area contributed by atoms with Crippen molar-refractivity contribution >= 4 is 11.4 Å². The molecule has 8 heteroatoms. The van der Waals surface area contributed by atoms with E-state index in [9.17, 15) is 23.3 Å². The predicted octanol–water partition coefficient (Wildman–Crippen LogP) is 5.40. The summed E-state index contributed by atoms with van der Waals surface area (Å²) in [5.41, 5.74) is -0.743. The third-order valence-electron chi connectivity index (χ3n) is 3.93. The maximum absolute atomic E-state index is 13.1. The Kier molecular flexibility index (Phi) is 5.98. The van der Waals surface area contributed by atoms with Crippen LogP contribution in [0.4, 0.5) is 24.5 Å². The number of halogens is 3. The molecule has 1 N–H and O–H groups in total. The molecule has 0 atom stereocenters. The number of benzene rings is 2. The van der Waals surface area contributed by atoms with Crippen LogP contribution in [-0.4, -0.2) is 18.1 Å². The molecule has 0 fully saturated rings. The van der Waals surface area contributed by atoms with E-state index in [1.54, 1.807) is 0 Å². The van der Waals surface area contributed by atoms with Gasteiger partial charge in [-0.25, -0.2) is 0 Å². The zero-order valence-electron chi connectivity index (χ0n) is 15.3. The minimum Gasteiger partial charge on any atom is -0.492 e. The standard InChI is InChI=1S/C19H21F3N2O3/c1-18(2,3)13-4-7-15(8-5-13)27-11-10-23-17-9-6-14(24(25)26)12-16(17)19(20,21)22/h4-9,12,23H,10-11H2,1-3H3. The lowest BCUT2D eigenvalue weighted by Crippen LogP contribution is -2.16. The van der Waals surface area contributed by atoms with Gasteiger partial charge >= 0.3 is 6.18 Å². The summed E-state index contributed by atoms with van der Waals surface area (Å²) in [4.78, 5) is 9.83. The van der Waals surface area contributed by atoms with Gasteiger partial charge in [0.05, 0.1) is 10.5 Å². The monoisotopic (exact) mass is 382 g/mol. The van der Waals surface area contributed by atoms with E-state index in [-0.39, 0.29) is 24.3 Å². The van der Waals surface area contributed by atoms with Crippen LogP contribution in [0.1, 0.15) is 31.9 Å². The summed E-state index contributed by atoms with van der Waals surface area (Å²) >= 11 is 0. The summed E-state index contributed by atoms with van der Waals surface area (Å²) in [6.07, 6.45) is -4.70. The molecule has 0 saturated heterocycles. The first-order valence-corrected chi connectivity index (χ1v) is 8.31. The molecular formula is C19H21F3N2O3. The Morgan fingerprint density at radius 2 is 1.70 bits per heavy atom. The van der Waals surface area contributed by atoms with E-state index in [1.807, 2.05) is 24.3 Å². The fourth-order valence-electron chi connectivity index (χ4n) is 2.44. The van der Waals surface area contributed by atoms with Crippen molar-refractivity contribution in [2.24, 2.45) is 0 Å². The topological polar surface area (TPSA) is 64.4 Å². The van der Waals surface area contributed by atoms with Crippen LogP contribution in [0.3, 0.4) is 0 Å². The molecule has 0 aliphatic carbocycles. The number of ether oxygens (including phenoxy) is 1. The molecule has 0 radical (unpaired) electrons. The van der Waals surface area contributed by atoms with Crippen molar-refractivity contribution in [2.75, 3.05) is 18.5 Å². The average molecular weight is 382 g/mol. The van der Waals surface area contributed by atoms with Gasteiger partial charge in [0.25, 0.3) is 5.69 Å². The van der Waals surface area contributed by atoms with Gasteiger partial charge in [-0.05, 0) is 29.2 Å². The highest BCUT2D eigenvalue weighted by atomic mass is 19.4. The fourth-order valence-corrected chi connectivity index (χ4v) is 2.44. The van der Waals surface area contributed by atoms with Crippen LogP contribution < -0.4 is 10.1 Å². The summed E-state index contributed by atoms with van der Waals surface area (Å²) in [7, 11) is 0. The molecule has 0 aliphatic rings. The normalized spacial score (nSPS) is 11.9. The van der Waals surface area contributed by atoms with Crippen LogP contribution in [0, 0.1) is 10.1 Å². The lowest BCUT2D eigenvalue weighted by atomic mass is 9.87. The molecule has 0 spiro atoms. The second-order valence-electron chi connectivity index (χ2n) is 7.03. The van der Waals surface area contributed by atoms with Crippen LogP contribution >= 0.6 is 0 Å². The average Bonchev–Trinajstić information content (AvgIpc) is 2.57. The summed E-state index contributed by atoms with van der Waals surface area (Å²) in [6, 6.07) is 10.1. The lowest BCUT2D eigenvalue weighted by molar-refractivity contribution is -0.385. The first-order chi connectivity index (χ1) is 12.5. The summed E-state index contributed by atoms with van der Waals surface area (Å²) < 4.78 is 44.8. The molecule has 0 amide bonds. The number of alkyl halides is 3. The number of nitrogens with one attached hydrogen (secondary N) is 1. The molecular weight excluding hydrogens is 361 g/mol. The largest absolute Gasteiger partial charge is 0.492 e. The van der Waals surface area contributed by atoms with E-state index in [2.05, 4.69) is 26.1 Å². The molecule has 27 heavy (non-hydrogen) atoms. The molecule has 0 saturated carbocycles. The smallest absolute Gasteiger partial charge is 0.418 e. The van der Waals surface area contributed by atoms with Crippen molar-refractivity contribution in [2.45, 2.75) is 32.4 Å². The number of nitro benzene ring substituents is 1. The zero-order chi connectivity index (χ0) is 20.2. The van der Waals surface area contributed by atoms with Gasteiger partial charge in [-0.15, -0.1) is 0 Å². The van der Waals surface area contributed by atoms with Crippen LogP contribution in [0.2, 0.25) is 0 Å². The highest BCUT2D eigenvalue weighted by molar-refractivity contribution is 5.57. The number of nitro groups is 1. The minimum atomic E-state index is -4.70. The van der Waals surface area contributed by atoms with Gasteiger partial charge in [-0.3, -0.25) is 10.1 Å². The van der Waals surface area contributed by atoms with Crippen molar-refractivity contribution < 1.29 is 22.8 Å². The number of anilines is 1. The highest BCUT2D eigenvalue weighted by Crippen LogP contribution is 2.37. The summed E-state index contributed by atoms with van der Waals surface area (Å²) in [6.45, 7) is 6.53. The molecule has 5 nitrogen and oxygen atoms in total. The Hall–Kier alpha value is -2.77. The van der Waals surface area contributed by atoms with E-state index < -0.39 is 22.4 Å². The first kappa shape index (κ1) is 20.5. The van der Waals surface area contributed by atoms with E-state index in [0.717, 1.165) is 17.7 Å². The van der Waals surface area contributed by atoms with Gasteiger partial charge in [-0.2, -0.15) is 13.2 Å². The molecule has 0 bridgehead atoms. The zero-order valence-corrected chi connectivity index (χ0v) is 15.3. The molecule has 2 aromatic carbocycles. The molecule has 0 aliphatic heterocycles. The van der Waals surface area contributed by atoms with Crippen LogP contribution in [0.25, 0.3) is 0 Å². The molecule has 2 rings (SSSR count). The minimum absolute atomic E-state index is 0.0179. The number of nitrogens with zero attached hydrogens (tertiary/aromatic N) is 1. The SMILES string of the molecule is CC(C)(C)c1ccc(OCCNc2ccc([N+](=O)[O-])cc2C(F)(F)F)cc1. The predicted molar refractivity (Wildman–Crippen MR) is 97.2 cm³/mol. The number of hydrogen-bond donors (Lipinski definition) is 1. The third kappa shape index (κ3) is 5.60. The van der Waals surface area contributed by atoms with Crippen molar-refractivity contribution in [1.82, 2.24) is 0 Å². The Morgan fingerprint density at radius 3 is 2.22 bits per heavy atom. The molecule has 146 valence electrons. The third-order valence-corrected chi connectivity index (χ3v) is 3.93. The van der Waals surface area contributed by atoms with Crippen LogP contribution in [0.5, 0.6) is 5.75 Å². The number of non-ortho nitro benzene ring substituents is 1. The van der Waals surface area contributed by atoms with Crippen molar-refractivity contribution in [3.05, 3.63) is 63.7 Å². The Labute approximate surface area is 155 Å². The fraction of sp³-hybridized carbons (Fsp3) is 0.368. The van der Waals surface area contributed by atoms with Crippen molar-refractivity contribution in [3.8, 4) is 5.75 Å². The van der Waals surface area contributed by atoms with Gasteiger partial charge in [0, 0.05) is 24.4 Å². The Morgan fingerprint density at radius 1 is 1.07 bits per heavy atom. The van der Waals surface area contributed by atoms with Crippen LogP contribution in [-0.2, 0) is 11.6 Å². The molecule has 0 unspecified atom stereocenters. The Balaban J connectivity index is 1.98. The van der Waals surface area contributed by atoms with Crippen molar-refractivity contribution in [3.63, 3.8) is 0 Å². The first-order valence-electron chi connectivity index (χ1n) is 8.31. The lowest BCUT2D eigenvalue weighted by Gasteiger charge is -2.19. The van der Waals surface area contributed by atoms with Gasteiger partial charge in [-0.1, -0.05) is 32.9 Å². The van der Waals surface area contributed by atoms with Crippen molar-refractivity contribution in [1.29, 1.82) is 0 Å². The van der Waals surface area contributed by atoms with E-state index in [4.69, 9.17) is 4.74 Å². The van der Waals surface area contributed by atoms with Gasteiger partial charge in [0.1, 0.15) is 12.4 Å². The molecule has 0 heterocycles. The molecule has 0 aromatic heterocycles. The number of rotatable bonds is 6. The van der Waals surface area contributed by atoms with E-state index in [1.165, 1.54) is 0 Å². The van der Waals surface area contributed by atoms with Crippen LogP contribution in [0.15, 0.2) is 42.5 Å².